The number of amides is 2. The molecule has 3 rings (SSSR count). The second-order valence-electron chi connectivity index (χ2n) is 8.53. The summed E-state index contributed by atoms with van der Waals surface area (Å²) in [6, 6.07) is 7.16. The van der Waals surface area contributed by atoms with Gasteiger partial charge >= 0.3 is 0 Å². The van der Waals surface area contributed by atoms with E-state index in [2.05, 4.69) is 21.7 Å². The summed E-state index contributed by atoms with van der Waals surface area (Å²) in [7, 11) is 0. The first-order valence-electron chi connectivity index (χ1n) is 10.8. The lowest BCUT2D eigenvalue weighted by atomic mass is 9.94. The molecule has 1 aromatic rings. The van der Waals surface area contributed by atoms with Crippen LogP contribution in [0.5, 0.6) is 0 Å². The SMILES string of the molecule is CC(C=O)(CCCN=C(N)N)NC(=O)[C@@H]1CCCN1C(=O)[C@H]1Cc2ccccc2CN1. The topological polar surface area (TPSA) is 143 Å². The fourth-order valence-electron chi connectivity index (χ4n) is 4.30. The van der Waals surface area contributed by atoms with Crippen LogP contribution in [-0.2, 0) is 27.3 Å². The Kier molecular flexibility index (Phi) is 7.27. The molecule has 0 spiro atoms. The lowest BCUT2D eigenvalue weighted by Crippen LogP contribution is -2.57. The summed E-state index contributed by atoms with van der Waals surface area (Å²) in [6.45, 7) is 3.23. The largest absolute Gasteiger partial charge is 0.370 e. The van der Waals surface area contributed by atoms with E-state index >= 15 is 0 Å². The van der Waals surface area contributed by atoms with E-state index in [1.165, 1.54) is 5.56 Å². The zero-order chi connectivity index (χ0) is 22.4. The van der Waals surface area contributed by atoms with Crippen LogP contribution in [0.2, 0.25) is 0 Å². The summed E-state index contributed by atoms with van der Waals surface area (Å²) in [5.74, 6) is -0.359. The molecule has 1 unspecified atom stereocenters. The summed E-state index contributed by atoms with van der Waals surface area (Å²) in [6.07, 6.45) is 3.64. The number of aldehydes is 1. The number of rotatable bonds is 8. The number of hydrogen-bond acceptors (Lipinski definition) is 5. The predicted octanol–water partition coefficient (Wildman–Crippen LogP) is -0.181. The van der Waals surface area contributed by atoms with Crippen molar-refractivity contribution in [3.8, 4) is 0 Å². The molecule has 2 aliphatic rings. The molecule has 0 radical (unpaired) electrons. The number of aliphatic imine (C=N–C) groups is 1. The first kappa shape index (κ1) is 22.7. The van der Waals surface area contributed by atoms with Crippen molar-refractivity contribution in [1.29, 1.82) is 0 Å². The Morgan fingerprint density at radius 3 is 2.77 bits per heavy atom. The minimum absolute atomic E-state index is 0.00380. The first-order chi connectivity index (χ1) is 14.8. The third kappa shape index (κ3) is 5.61. The van der Waals surface area contributed by atoms with Gasteiger partial charge in [0.15, 0.2) is 5.96 Å². The number of likely N-dealkylation sites (tertiary alicyclic amines) is 1. The molecule has 9 nitrogen and oxygen atoms in total. The fourth-order valence-corrected chi connectivity index (χ4v) is 4.30. The second-order valence-corrected chi connectivity index (χ2v) is 8.53. The number of benzene rings is 1. The fraction of sp³-hybridized carbons (Fsp3) is 0.545. The Balaban J connectivity index is 1.61. The Hall–Kier alpha value is -2.94. The molecule has 1 saturated heterocycles. The van der Waals surface area contributed by atoms with Crippen molar-refractivity contribution in [2.75, 3.05) is 13.1 Å². The average molecular weight is 429 g/mol. The maximum absolute atomic E-state index is 13.2. The molecule has 31 heavy (non-hydrogen) atoms. The molecule has 6 N–H and O–H groups in total. The van der Waals surface area contributed by atoms with Gasteiger partial charge in [-0.15, -0.1) is 0 Å². The van der Waals surface area contributed by atoms with Gasteiger partial charge in [0.25, 0.3) is 0 Å². The van der Waals surface area contributed by atoms with E-state index in [-0.39, 0.29) is 23.8 Å². The molecular formula is C22H32N6O3. The summed E-state index contributed by atoms with van der Waals surface area (Å²) in [5.41, 5.74) is 12.0. The van der Waals surface area contributed by atoms with Crippen molar-refractivity contribution in [1.82, 2.24) is 15.5 Å². The minimum atomic E-state index is -1.03. The zero-order valence-corrected chi connectivity index (χ0v) is 18.0. The molecule has 0 aliphatic carbocycles. The number of hydrogen-bond donors (Lipinski definition) is 4. The highest BCUT2D eigenvalue weighted by Crippen LogP contribution is 2.23. The molecule has 0 bridgehead atoms. The van der Waals surface area contributed by atoms with Gasteiger partial charge in [0.1, 0.15) is 12.3 Å². The van der Waals surface area contributed by atoms with Gasteiger partial charge in [0.2, 0.25) is 11.8 Å². The standard InChI is InChI=1S/C22H32N6O3/c1-22(14-29,9-5-10-25-21(23)24)27-19(30)18-8-4-11-28(18)20(31)17-12-15-6-2-3-7-16(15)13-26-17/h2-3,6-7,14,17-18,26H,4-5,8-13H2,1H3,(H,27,30)(H4,23,24,25)/t17-,18+,22?/m1/s1. The first-order valence-corrected chi connectivity index (χ1v) is 10.8. The number of nitrogens with two attached hydrogens (primary N) is 2. The van der Waals surface area contributed by atoms with Gasteiger partial charge in [-0.05, 0) is 50.2 Å². The quantitative estimate of drug-likeness (QED) is 0.196. The van der Waals surface area contributed by atoms with E-state index in [4.69, 9.17) is 11.5 Å². The summed E-state index contributed by atoms with van der Waals surface area (Å²) in [4.78, 5) is 43.5. The maximum atomic E-state index is 13.2. The number of nitrogens with one attached hydrogen (secondary N) is 2. The molecule has 1 aromatic carbocycles. The van der Waals surface area contributed by atoms with Crippen LogP contribution in [-0.4, -0.2) is 59.7 Å². The van der Waals surface area contributed by atoms with Crippen molar-refractivity contribution < 1.29 is 14.4 Å². The lowest BCUT2D eigenvalue weighted by Gasteiger charge is -2.33. The van der Waals surface area contributed by atoms with Crippen LogP contribution < -0.4 is 22.1 Å². The van der Waals surface area contributed by atoms with Crippen LogP contribution in [0.3, 0.4) is 0 Å². The van der Waals surface area contributed by atoms with E-state index in [1.54, 1.807) is 11.8 Å². The number of carbonyl (C=O) groups excluding carboxylic acids is 3. The van der Waals surface area contributed by atoms with Gasteiger partial charge in [-0.1, -0.05) is 24.3 Å². The highest BCUT2D eigenvalue weighted by molar-refractivity contribution is 5.92. The number of guanidine groups is 1. The van der Waals surface area contributed by atoms with Crippen LogP contribution in [0.4, 0.5) is 0 Å². The van der Waals surface area contributed by atoms with Crippen LogP contribution in [0.25, 0.3) is 0 Å². The van der Waals surface area contributed by atoms with Crippen LogP contribution >= 0.6 is 0 Å². The Morgan fingerprint density at radius 1 is 1.32 bits per heavy atom. The van der Waals surface area contributed by atoms with Crippen molar-refractivity contribution in [2.45, 2.75) is 63.2 Å². The molecule has 2 aliphatic heterocycles. The van der Waals surface area contributed by atoms with Gasteiger partial charge in [-0.2, -0.15) is 0 Å². The third-order valence-corrected chi connectivity index (χ3v) is 6.04. The van der Waals surface area contributed by atoms with Crippen molar-refractivity contribution in [3.63, 3.8) is 0 Å². The van der Waals surface area contributed by atoms with Gasteiger partial charge in [0.05, 0.1) is 11.6 Å². The van der Waals surface area contributed by atoms with E-state index in [0.717, 1.165) is 18.3 Å². The van der Waals surface area contributed by atoms with Crippen LogP contribution in [0, 0.1) is 0 Å². The predicted molar refractivity (Wildman–Crippen MR) is 118 cm³/mol. The van der Waals surface area contributed by atoms with Crippen LogP contribution in [0.1, 0.15) is 43.7 Å². The summed E-state index contributed by atoms with van der Waals surface area (Å²) in [5, 5.41) is 6.15. The van der Waals surface area contributed by atoms with E-state index < -0.39 is 11.6 Å². The van der Waals surface area contributed by atoms with E-state index in [9.17, 15) is 14.4 Å². The average Bonchev–Trinajstić information content (AvgIpc) is 3.26. The molecule has 9 heteroatoms. The zero-order valence-electron chi connectivity index (χ0n) is 18.0. The van der Waals surface area contributed by atoms with Crippen molar-refractivity contribution in [2.24, 2.45) is 16.5 Å². The van der Waals surface area contributed by atoms with Crippen molar-refractivity contribution >= 4 is 24.1 Å². The van der Waals surface area contributed by atoms with Crippen molar-refractivity contribution in [3.05, 3.63) is 35.4 Å². The molecule has 168 valence electrons. The summed E-state index contributed by atoms with van der Waals surface area (Å²) < 4.78 is 0. The number of nitrogens with zero attached hydrogens (tertiary/aromatic N) is 2. The molecule has 0 saturated carbocycles. The molecule has 2 amide bonds. The second kappa shape index (κ2) is 9.91. The van der Waals surface area contributed by atoms with Gasteiger partial charge < -0.3 is 31.8 Å². The Bertz CT molecular complexity index is 853. The summed E-state index contributed by atoms with van der Waals surface area (Å²) >= 11 is 0. The lowest BCUT2D eigenvalue weighted by molar-refractivity contribution is -0.141. The molecular weight excluding hydrogens is 396 g/mol. The monoisotopic (exact) mass is 428 g/mol. The normalized spacial score (nSPS) is 22.2. The number of carbonyl (C=O) groups is 3. The van der Waals surface area contributed by atoms with Gasteiger partial charge in [0, 0.05) is 19.6 Å². The Morgan fingerprint density at radius 2 is 2.06 bits per heavy atom. The highest BCUT2D eigenvalue weighted by atomic mass is 16.2. The smallest absolute Gasteiger partial charge is 0.243 e. The Labute approximate surface area is 182 Å². The minimum Gasteiger partial charge on any atom is -0.370 e. The van der Waals surface area contributed by atoms with E-state index in [0.29, 0.717) is 45.3 Å². The maximum Gasteiger partial charge on any atom is 0.243 e. The highest BCUT2D eigenvalue weighted by Gasteiger charge is 2.39. The van der Waals surface area contributed by atoms with Gasteiger partial charge in [-0.25, -0.2) is 0 Å². The third-order valence-electron chi connectivity index (χ3n) is 6.04. The molecule has 2 heterocycles. The molecule has 3 atom stereocenters. The van der Waals surface area contributed by atoms with Crippen LogP contribution in [0.15, 0.2) is 29.3 Å². The molecule has 0 aromatic heterocycles. The van der Waals surface area contributed by atoms with Gasteiger partial charge in [-0.3, -0.25) is 14.6 Å². The molecule has 1 fully saturated rings. The number of fused-ring (bicyclic) bond motifs is 1. The van der Waals surface area contributed by atoms with E-state index in [1.807, 2.05) is 18.2 Å².